The molecule has 1 aliphatic carbocycles. The van der Waals surface area contributed by atoms with E-state index in [-0.39, 0.29) is 40.4 Å². The van der Waals surface area contributed by atoms with E-state index >= 15 is 0 Å². The molecule has 0 amide bonds. The average molecular weight is 252 g/mol. The topological polar surface area (TPSA) is 23.1 Å². The molecule has 1 aliphatic rings. The molecule has 0 saturated carbocycles. The Morgan fingerprint density at radius 3 is 2.00 bits per heavy atom. The molecule has 0 bridgehead atoms. The van der Waals surface area contributed by atoms with Crippen LogP contribution in [0, 0.1) is 0 Å². The van der Waals surface area contributed by atoms with Gasteiger partial charge in [0.2, 0.25) is 0 Å². The van der Waals surface area contributed by atoms with E-state index in [4.69, 9.17) is 0 Å². The van der Waals surface area contributed by atoms with Gasteiger partial charge in [-0.1, -0.05) is 52.7 Å². The number of hydrogen-bond donors (Lipinski definition) is 0. The fourth-order valence-electron chi connectivity index (χ4n) is 2.86. The minimum atomic E-state index is -0.624. The van der Waals surface area contributed by atoms with Crippen LogP contribution in [0.1, 0.15) is 51.7 Å². The summed E-state index contributed by atoms with van der Waals surface area (Å²) in [5.74, 6) is 0. The van der Waals surface area contributed by atoms with Gasteiger partial charge in [0.1, 0.15) is 0 Å². The average Bonchev–Trinajstić information content (AvgIpc) is 2.24. The molecule has 0 saturated heterocycles. The van der Waals surface area contributed by atoms with E-state index < -0.39 is 6.92 Å². The van der Waals surface area contributed by atoms with Crippen LogP contribution < -0.4 is 40.0 Å². The van der Waals surface area contributed by atoms with Crippen molar-refractivity contribution in [3.8, 4) is 0 Å². The van der Waals surface area contributed by atoms with Crippen LogP contribution in [-0.4, -0.2) is 6.92 Å². The predicted octanol–water partition coefficient (Wildman–Crippen LogP) is -0.772. The molecule has 0 atom stereocenters. The number of fused-ring (bicyclic) bond motifs is 1. The maximum atomic E-state index is 11.6. The molecule has 1 aromatic rings. The van der Waals surface area contributed by atoms with E-state index in [1.165, 1.54) is 24.0 Å². The summed E-state index contributed by atoms with van der Waals surface area (Å²) in [5.41, 5.74) is 4.19. The van der Waals surface area contributed by atoms with Gasteiger partial charge in [-0.2, -0.15) is 0 Å². The molecule has 2 rings (SSSR count). The van der Waals surface area contributed by atoms with Gasteiger partial charge >= 0.3 is 29.6 Å². The van der Waals surface area contributed by atoms with E-state index in [2.05, 4.69) is 39.8 Å². The van der Waals surface area contributed by atoms with Crippen molar-refractivity contribution < 1.29 is 34.6 Å². The van der Waals surface area contributed by atoms with Crippen LogP contribution in [0.4, 0.5) is 0 Å². The second kappa shape index (κ2) is 5.32. The van der Waals surface area contributed by atoms with Crippen molar-refractivity contribution in [2.24, 2.45) is 0 Å². The summed E-state index contributed by atoms with van der Waals surface area (Å²) in [5, 5.41) is 11.6. The van der Waals surface area contributed by atoms with Crippen LogP contribution in [0.5, 0.6) is 0 Å². The Hall–Kier alpha value is 0.245. The van der Waals surface area contributed by atoms with Crippen molar-refractivity contribution in [1.82, 2.24) is 0 Å². The second-order valence-corrected chi connectivity index (χ2v) is 6.72. The molecule has 1 aromatic carbocycles. The molecule has 0 fully saturated rings. The summed E-state index contributed by atoms with van der Waals surface area (Å²) in [6.07, 6.45) is 2.42. The number of rotatable bonds is 1. The smallest absolute Gasteiger partial charge is 0.876 e. The summed E-state index contributed by atoms with van der Waals surface area (Å²) < 4.78 is 0. The zero-order valence-corrected chi connectivity index (χ0v) is 14.6. The summed E-state index contributed by atoms with van der Waals surface area (Å²) in [6.45, 7) is 10.3. The van der Waals surface area contributed by atoms with Crippen LogP contribution in [0.2, 0.25) is 6.82 Å². The fraction of sp³-hybridized carbons (Fsp3) is 0.600. The van der Waals surface area contributed by atoms with Crippen LogP contribution >= 0.6 is 0 Å². The standard InChI is InChI=1S/C15H22BO.Na/c1-14(2)8-9-15(3,4)13-10-11(16(5)17)6-7-12(13)14;/h6-7,10H,8-9H2,1-5H3;/q-1;+1. The van der Waals surface area contributed by atoms with E-state index in [1.54, 1.807) is 6.82 Å². The molecule has 0 heterocycles. The van der Waals surface area contributed by atoms with Gasteiger partial charge in [0.05, 0.1) is 6.92 Å². The molecule has 1 nitrogen and oxygen atoms in total. The molecule has 0 unspecified atom stereocenters. The predicted molar refractivity (Wildman–Crippen MR) is 73.0 cm³/mol. The molecule has 0 aromatic heterocycles. The monoisotopic (exact) mass is 252 g/mol. The van der Waals surface area contributed by atoms with Crippen LogP contribution in [0.15, 0.2) is 18.2 Å². The largest absolute Gasteiger partial charge is 1.00 e. The van der Waals surface area contributed by atoms with Crippen molar-refractivity contribution in [3.05, 3.63) is 29.3 Å². The maximum absolute atomic E-state index is 11.6. The molecule has 3 heteroatoms. The normalized spacial score (nSPS) is 19.7. The molecule has 92 valence electrons. The van der Waals surface area contributed by atoms with Gasteiger partial charge in [0.25, 0.3) is 0 Å². The Bertz CT molecular complexity index is 438. The van der Waals surface area contributed by atoms with Crippen LogP contribution in [0.25, 0.3) is 0 Å². The van der Waals surface area contributed by atoms with Gasteiger partial charge in [-0.05, 0) is 34.8 Å². The summed E-state index contributed by atoms with van der Waals surface area (Å²) in [6, 6.07) is 6.34. The summed E-state index contributed by atoms with van der Waals surface area (Å²) in [4.78, 5) is 0. The van der Waals surface area contributed by atoms with Crippen molar-refractivity contribution in [3.63, 3.8) is 0 Å². The Labute approximate surface area is 134 Å². The number of benzene rings is 1. The van der Waals surface area contributed by atoms with Gasteiger partial charge in [-0.15, -0.1) is 5.46 Å². The third kappa shape index (κ3) is 2.87. The van der Waals surface area contributed by atoms with Crippen molar-refractivity contribution >= 4 is 12.4 Å². The van der Waals surface area contributed by atoms with Gasteiger partial charge in [-0.25, -0.2) is 0 Å². The first-order valence-corrected chi connectivity index (χ1v) is 6.55. The van der Waals surface area contributed by atoms with E-state index in [0.29, 0.717) is 0 Å². The molecular weight excluding hydrogens is 230 g/mol. The van der Waals surface area contributed by atoms with Crippen molar-refractivity contribution in [2.45, 2.75) is 58.2 Å². The Kier molecular flexibility index (Phi) is 4.82. The first-order chi connectivity index (χ1) is 7.74. The minimum absolute atomic E-state index is 0. The van der Waals surface area contributed by atoms with E-state index in [1.807, 2.05) is 6.07 Å². The zero-order chi connectivity index (χ0) is 12.8. The van der Waals surface area contributed by atoms with Gasteiger partial charge in [0.15, 0.2) is 0 Å². The molecule has 0 radical (unpaired) electrons. The molecule has 0 spiro atoms. The second-order valence-electron chi connectivity index (χ2n) is 6.72. The first kappa shape index (κ1) is 16.3. The third-order valence-corrected chi connectivity index (χ3v) is 4.35. The van der Waals surface area contributed by atoms with Crippen LogP contribution in [-0.2, 0) is 10.8 Å². The van der Waals surface area contributed by atoms with E-state index in [0.717, 1.165) is 5.46 Å². The van der Waals surface area contributed by atoms with Gasteiger partial charge < -0.3 is 5.02 Å². The van der Waals surface area contributed by atoms with Gasteiger partial charge in [0, 0.05) is 0 Å². The Morgan fingerprint density at radius 1 is 1.00 bits per heavy atom. The van der Waals surface area contributed by atoms with Crippen LogP contribution in [0.3, 0.4) is 0 Å². The molecular formula is C15H22BNaO. The number of hydrogen-bond acceptors (Lipinski definition) is 1. The fourth-order valence-corrected chi connectivity index (χ4v) is 2.86. The van der Waals surface area contributed by atoms with Gasteiger partial charge in [-0.3, -0.25) is 0 Å². The first-order valence-electron chi connectivity index (χ1n) is 6.55. The zero-order valence-electron chi connectivity index (χ0n) is 12.6. The third-order valence-electron chi connectivity index (χ3n) is 4.35. The molecule has 18 heavy (non-hydrogen) atoms. The quantitative estimate of drug-likeness (QED) is 0.602. The maximum Gasteiger partial charge on any atom is 1.00 e. The molecule has 0 aliphatic heterocycles. The Balaban J connectivity index is 0.00000162. The van der Waals surface area contributed by atoms with E-state index in [9.17, 15) is 5.02 Å². The minimum Gasteiger partial charge on any atom is -0.876 e. The SMILES string of the molecule is CB([O-])c1ccc2c(c1)C(C)(C)CCC2(C)C.[Na+]. The van der Waals surface area contributed by atoms with Crippen molar-refractivity contribution in [2.75, 3.05) is 0 Å². The summed E-state index contributed by atoms with van der Waals surface area (Å²) >= 11 is 0. The van der Waals surface area contributed by atoms with Crippen molar-refractivity contribution in [1.29, 1.82) is 0 Å². The molecule has 0 N–H and O–H groups in total. The summed E-state index contributed by atoms with van der Waals surface area (Å²) in [7, 11) is 0. The Morgan fingerprint density at radius 2 is 1.50 bits per heavy atom.